The molecule has 2 fully saturated rings. The maximum absolute atomic E-state index is 13.1. The van der Waals surface area contributed by atoms with Crippen molar-refractivity contribution in [2.45, 2.75) is 69.9 Å². The second-order valence-electron chi connectivity index (χ2n) is 9.43. The zero-order valence-corrected chi connectivity index (χ0v) is 18.9. The predicted octanol–water partition coefficient (Wildman–Crippen LogP) is 4.73. The molecule has 1 aromatic heterocycles. The number of amides is 1. The van der Waals surface area contributed by atoms with Crippen molar-refractivity contribution in [3.8, 4) is 0 Å². The van der Waals surface area contributed by atoms with Gasteiger partial charge >= 0.3 is 0 Å². The fourth-order valence-corrected chi connectivity index (χ4v) is 5.35. The topological polar surface area (TPSA) is 62.3 Å². The van der Waals surface area contributed by atoms with Crippen LogP contribution in [-0.2, 0) is 11.3 Å². The summed E-state index contributed by atoms with van der Waals surface area (Å²) in [6, 6.07) is 14.1. The predicted molar refractivity (Wildman–Crippen MR) is 126 cm³/mol. The first-order valence-corrected chi connectivity index (χ1v) is 12.2. The van der Waals surface area contributed by atoms with Crippen molar-refractivity contribution in [2.75, 3.05) is 13.1 Å². The van der Waals surface area contributed by atoms with Crippen LogP contribution in [0.3, 0.4) is 0 Å². The Morgan fingerprint density at radius 2 is 1.78 bits per heavy atom. The maximum atomic E-state index is 13.1. The number of likely N-dealkylation sites (tertiary alicyclic amines) is 1. The summed E-state index contributed by atoms with van der Waals surface area (Å²) in [5.41, 5.74) is 2.85. The molecule has 5 heteroatoms. The highest BCUT2D eigenvalue weighted by molar-refractivity contribution is 5.95. The normalized spacial score (nSPS) is 19.4. The van der Waals surface area contributed by atoms with E-state index in [1.165, 1.54) is 24.8 Å². The molecule has 1 N–H and O–H groups in total. The molecule has 1 saturated heterocycles. The van der Waals surface area contributed by atoms with Gasteiger partial charge < -0.3 is 10.1 Å². The van der Waals surface area contributed by atoms with E-state index in [-0.39, 0.29) is 5.91 Å². The SMILES string of the molecule is O=CC(CC1CCCCC1)NC(=O)c1ncccc1C1CCN(Cc2ccccc2)CC1. The third-order valence-electron chi connectivity index (χ3n) is 7.12. The number of nitrogens with one attached hydrogen (secondary N) is 1. The molecule has 4 rings (SSSR count). The molecular formula is C27H35N3O2. The molecule has 5 nitrogen and oxygen atoms in total. The standard InChI is InChI=1S/C27H35N3O2/c31-20-24(18-21-8-3-1-4-9-21)29-27(32)26-25(12-7-15-28-26)23-13-16-30(17-14-23)19-22-10-5-2-6-11-22/h2,5-7,10-12,15,20-21,23-24H,1,3-4,8-9,13-14,16-19H2,(H,29,32). The van der Waals surface area contributed by atoms with Crippen LogP contribution in [0.1, 0.15) is 78.9 Å². The third-order valence-corrected chi connectivity index (χ3v) is 7.12. The van der Waals surface area contributed by atoms with Gasteiger partial charge in [-0.05, 0) is 61.4 Å². The Kier molecular flexibility index (Phi) is 8.05. The van der Waals surface area contributed by atoms with Gasteiger partial charge in [-0.15, -0.1) is 0 Å². The van der Waals surface area contributed by atoms with Gasteiger partial charge in [0.1, 0.15) is 12.0 Å². The second-order valence-corrected chi connectivity index (χ2v) is 9.43. The fraction of sp³-hybridized carbons (Fsp3) is 0.519. The lowest BCUT2D eigenvalue weighted by molar-refractivity contribution is -0.109. The van der Waals surface area contributed by atoms with E-state index in [0.29, 0.717) is 17.5 Å². The van der Waals surface area contributed by atoms with E-state index in [4.69, 9.17) is 0 Å². The summed E-state index contributed by atoms with van der Waals surface area (Å²) in [5.74, 6) is 0.654. The molecule has 2 aliphatic rings. The zero-order chi connectivity index (χ0) is 22.2. The minimum atomic E-state index is -0.423. The molecule has 1 aliphatic carbocycles. The summed E-state index contributed by atoms with van der Waals surface area (Å²) in [6.45, 7) is 2.98. The van der Waals surface area contributed by atoms with Gasteiger partial charge in [0.05, 0.1) is 6.04 Å². The van der Waals surface area contributed by atoms with Crippen molar-refractivity contribution >= 4 is 12.2 Å². The van der Waals surface area contributed by atoms with Crippen LogP contribution in [0.5, 0.6) is 0 Å². The highest BCUT2D eigenvalue weighted by Crippen LogP contribution is 2.31. The van der Waals surface area contributed by atoms with Crippen LogP contribution in [0.2, 0.25) is 0 Å². The first-order valence-electron chi connectivity index (χ1n) is 12.2. The number of aldehydes is 1. The van der Waals surface area contributed by atoms with E-state index in [1.807, 2.05) is 12.1 Å². The largest absolute Gasteiger partial charge is 0.341 e. The Morgan fingerprint density at radius 1 is 1.03 bits per heavy atom. The monoisotopic (exact) mass is 433 g/mol. The number of piperidine rings is 1. The van der Waals surface area contributed by atoms with Crippen LogP contribution >= 0.6 is 0 Å². The molecule has 1 amide bonds. The molecule has 0 bridgehead atoms. The lowest BCUT2D eigenvalue weighted by Crippen LogP contribution is -2.39. The lowest BCUT2D eigenvalue weighted by atomic mass is 9.85. The van der Waals surface area contributed by atoms with Crippen molar-refractivity contribution in [3.05, 3.63) is 65.5 Å². The van der Waals surface area contributed by atoms with Crippen LogP contribution in [0, 0.1) is 5.92 Å². The Morgan fingerprint density at radius 3 is 2.50 bits per heavy atom. The summed E-state index contributed by atoms with van der Waals surface area (Å²) in [7, 11) is 0. The number of hydrogen-bond acceptors (Lipinski definition) is 4. The van der Waals surface area contributed by atoms with Gasteiger partial charge in [0.25, 0.3) is 5.91 Å². The van der Waals surface area contributed by atoms with Gasteiger partial charge in [-0.25, -0.2) is 0 Å². The summed E-state index contributed by atoms with van der Waals surface area (Å²) in [6.07, 6.45) is 11.4. The highest BCUT2D eigenvalue weighted by Gasteiger charge is 2.27. The third kappa shape index (κ3) is 6.04. The average molecular weight is 434 g/mol. The summed E-state index contributed by atoms with van der Waals surface area (Å²) in [5, 5.41) is 2.97. The molecule has 170 valence electrons. The highest BCUT2D eigenvalue weighted by atomic mass is 16.2. The molecule has 1 unspecified atom stereocenters. The van der Waals surface area contributed by atoms with Crippen LogP contribution in [0.15, 0.2) is 48.7 Å². The van der Waals surface area contributed by atoms with Crippen LogP contribution in [0.25, 0.3) is 0 Å². The van der Waals surface area contributed by atoms with E-state index in [9.17, 15) is 9.59 Å². The number of hydrogen-bond donors (Lipinski definition) is 1. The molecule has 2 heterocycles. The van der Waals surface area contributed by atoms with Crippen molar-refractivity contribution < 1.29 is 9.59 Å². The number of carbonyl (C=O) groups excluding carboxylic acids is 2. The van der Waals surface area contributed by atoms with Gasteiger partial charge in [0, 0.05) is 12.7 Å². The van der Waals surface area contributed by atoms with Crippen molar-refractivity contribution in [3.63, 3.8) is 0 Å². The molecule has 1 aromatic carbocycles. The minimum absolute atomic E-state index is 0.208. The first-order chi connectivity index (χ1) is 15.7. The van der Waals surface area contributed by atoms with Gasteiger partial charge in [-0.2, -0.15) is 0 Å². The van der Waals surface area contributed by atoms with Crippen molar-refractivity contribution in [2.24, 2.45) is 5.92 Å². The molecule has 0 radical (unpaired) electrons. The number of pyridine rings is 1. The minimum Gasteiger partial charge on any atom is -0.341 e. The van der Waals surface area contributed by atoms with Crippen molar-refractivity contribution in [1.29, 1.82) is 0 Å². The smallest absolute Gasteiger partial charge is 0.270 e. The molecule has 1 atom stereocenters. The Bertz CT molecular complexity index is 871. The number of carbonyl (C=O) groups is 2. The van der Waals surface area contributed by atoms with Gasteiger partial charge in [-0.1, -0.05) is 68.5 Å². The zero-order valence-electron chi connectivity index (χ0n) is 18.9. The van der Waals surface area contributed by atoms with E-state index >= 15 is 0 Å². The summed E-state index contributed by atoms with van der Waals surface area (Å²) >= 11 is 0. The number of rotatable bonds is 8. The lowest BCUT2D eigenvalue weighted by Gasteiger charge is -2.32. The molecule has 32 heavy (non-hydrogen) atoms. The van der Waals surface area contributed by atoms with Crippen molar-refractivity contribution in [1.82, 2.24) is 15.2 Å². The summed E-state index contributed by atoms with van der Waals surface area (Å²) in [4.78, 5) is 31.7. The summed E-state index contributed by atoms with van der Waals surface area (Å²) < 4.78 is 0. The first kappa shape index (κ1) is 22.7. The van der Waals surface area contributed by atoms with Crippen LogP contribution < -0.4 is 5.32 Å². The van der Waals surface area contributed by atoms with E-state index in [0.717, 1.165) is 63.6 Å². The Labute approximate surface area is 191 Å². The Balaban J connectivity index is 1.36. The number of benzene rings is 1. The van der Waals surface area contributed by atoms with Gasteiger partial charge in [0.15, 0.2) is 0 Å². The molecule has 0 spiro atoms. The van der Waals surface area contributed by atoms with Crippen LogP contribution in [-0.4, -0.2) is 41.2 Å². The quantitative estimate of drug-likeness (QED) is 0.612. The van der Waals surface area contributed by atoms with E-state index < -0.39 is 6.04 Å². The molecule has 1 saturated carbocycles. The maximum Gasteiger partial charge on any atom is 0.270 e. The molecule has 2 aromatic rings. The van der Waals surface area contributed by atoms with Gasteiger partial charge in [-0.3, -0.25) is 14.7 Å². The average Bonchev–Trinajstić information content (AvgIpc) is 2.85. The number of nitrogens with zero attached hydrogens (tertiary/aromatic N) is 2. The second kappa shape index (κ2) is 11.4. The van der Waals surface area contributed by atoms with Crippen LogP contribution in [0.4, 0.5) is 0 Å². The number of aromatic nitrogens is 1. The molecule has 1 aliphatic heterocycles. The van der Waals surface area contributed by atoms with E-state index in [2.05, 4.69) is 45.5 Å². The Hall–Kier alpha value is -2.53. The fourth-order valence-electron chi connectivity index (χ4n) is 5.35. The van der Waals surface area contributed by atoms with E-state index in [1.54, 1.807) is 6.20 Å². The van der Waals surface area contributed by atoms with Gasteiger partial charge in [0.2, 0.25) is 0 Å². The molecular weight excluding hydrogens is 398 g/mol.